The topological polar surface area (TPSA) is 105 Å². The fourth-order valence-corrected chi connectivity index (χ4v) is 6.12. The summed E-state index contributed by atoms with van der Waals surface area (Å²) in [6, 6.07) is 6.38. The maximum Gasteiger partial charge on any atom is 0.211 e. The van der Waals surface area contributed by atoms with E-state index >= 15 is 0 Å². The van der Waals surface area contributed by atoms with E-state index in [1.807, 2.05) is 24.5 Å². The van der Waals surface area contributed by atoms with Crippen molar-refractivity contribution in [3.63, 3.8) is 0 Å². The zero-order valence-electron chi connectivity index (χ0n) is 19.7. The number of hydrogen-bond donors (Lipinski definition) is 2. The van der Waals surface area contributed by atoms with Crippen LogP contribution in [0.4, 0.5) is 10.9 Å². The third kappa shape index (κ3) is 4.91. The Kier molecular flexibility index (Phi) is 6.41. The first-order valence-corrected chi connectivity index (χ1v) is 13.3. The summed E-state index contributed by atoms with van der Waals surface area (Å²) in [7, 11) is 0. The summed E-state index contributed by atoms with van der Waals surface area (Å²) in [4.78, 5) is 11.7. The van der Waals surface area contributed by atoms with Crippen LogP contribution in [-0.2, 0) is 0 Å². The van der Waals surface area contributed by atoms with Gasteiger partial charge in [0.2, 0.25) is 5.13 Å². The highest BCUT2D eigenvalue weighted by molar-refractivity contribution is 7.15. The molecule has 10 heteroatoms. The zero-order chi connectivity index (χ0) is 23.6. The number of fused-ring (bicyclic) bond motifs is 1. The van der Waals surface area contributed by atoms with Gasteiger partial charge in [0, 0.05) is 49.1 Å². The Morgan fingerprint density at radius 3 is 2.69 bits per heavy atom. The molecule has 182 valence electrons. The van der Waals surface area contributed by atoms with Gasteiger partial charge in [-0.05, 0) is 43.9 Å². The number of nitrogens with zero attached hydrogens (tertiary/aromatic N) is 7. The number of aromatic nitrogens is 6. The third-order valence-electron chi connectivity index (χ3n) is 7.20. The zero-order valence-corrected chi connectivity index (χ0v) is 20.5. The first kappa shape index (κ1) is 22.5. The molecule has 2 N–H and O–H groups in total. The Morgan fingerprint density at radius 1 is 1.00 bits per heavy atom. The highest BCUT2D eigenvalue weighted by atomic mass is 32.1. The second-order valence-electron chi connectivity index (χ2n) is 9.52. The number of likely N-dealkylation sites (tertiary alicyclic amines) is 1. The summed E-state index contributed by atoms with van der Waals surface area (Å²) in [5.41, 5.74) is 3.73. The Bertz CT molecular complexity index is 1290. The van der Waals surface area contributed by atoms with Crippen molar-refractivity contribution in [3.8, 4) is 11.1 Å². The number of anilines is 2. The average Bonchev–Trinajstić information content (AvgIpc) is 3.66. The van der Waals surface area contributed by atoms with E-state index in [-0.39, 0.29) is 6.61 Å². The molecule has 1 aliphatic heterocycles. The van der Waals surface area contributed by atoms with Crippen LogP contribution in [0.5, 0.6) is 0 Å². The molecule has 2 fully saturated rings. The van der Waals surface area contributed by atoms with Gasteiger partial charge in [0.25, 0.3) is 0 Å². The molecular weight excluding hydrogens is 460 g/mol. The van der Waals surface area contributed by atoms with Gasteiger partial charge in [-0.1, -0.05) is 24.2 Å². The molecule has 0 atom stereocenters. The van der Waals surface area contributed by atoms with E-state index in [0.717, 1.165) is 70.6 Å². The van der Waals surface area contributed by atoms with Crippen LogP contribution in [-0.4, -0.2) is 66.2 Å². The monoisotopic (exact) mass is 490 g/mol. The Balaban J connectivity index is 1.17. The van der Waals surface area contributed by atoms with Gasteiger partial charge >= 0.3 is 0 Å². The lowest BCUT2D eigenvalue weighted by Gasteiger charge is -2.31. The molecule has 0 spiro atoms. The summed E-state index contributed by atoms with van der Waals surface area (Å²) >= 11 is 1.63. The SMILES string of the molecule is OCCN1CCC(n2cc(-c3cnc4ccc(Nc5nnc(C6CCCC6)s5)nc4c3)cn2)CC1. The number of rotatable bonds is 7. The Morgan fingerprint density at radius 2 is 1.86 bits per heavy atom. The number of nitrogens with one attached hydrogen (secondary N) is 1. The average molecular weight is 491 g/mol. The molecular formula is C25H30N8OS. The van der Waals surface area contributed by atoms with Crippen molar-refractivity contribution >= 4 is 33.3 Å². The quantitative estimate of drug-likeness (QED) is 0.393. The van der Waals surface area contributed by atoms with Gasteiger partial charge in [-0.2, -0.15) is 5.10 Å². The van der Waals surface area contributed by atoms with Gasteiger partial charge in [-0.3, -0.25) is 9.67 Å². The van der Waals surface area contributed by atoms with E-state index in [0.29, 0.717) is 12.0 Å². The van der Waals surface area contributed by atoms with E-state index in [1.54, 1.807) is 11.3 Å². The van der Waals surface area contributed by atoms with Crippen LogP contribution in [0, 0.1) is 0 Å². The molecule has 6 rings (SSSR count). The molecule has 5 heterocycles. The van der Waals surface area contributed by atoms with Crippen molar-refractivity contribution in [2.45, 2.75) is 50.5 Å². The molecule has 0 amide bonds. The lowest BCUT2D eigenvalue weighted by molar-refractivity contribution is 0.146. The molecule has 1 saturated heterocycles. The maximum absolute atomic E-state index is 9.16. The largest absolute Gasteiger partial charge is 0.395 e. The molecule has 4 aromatic heterocycles. The van der Waals surface area contributed by atoms with Crippen molar-refractivity contribution in [1.82, 2.24) is 34.8 Å². The second kappa shape index (κ2) is 9.96. The highest BCUT2D eigenvalue weighted by Crippen LogP contribution is 2.37. The Labute approximate surface area is 208 Å². The number of hydrogen-bond acceptors (Lipinski definition) is 9. The molecule has 9 nitrogen and oxygen atoms in total. The Hall–Kier alpha value is -2.95. The number of aliphatic hydroxyl groups is 1. The molecule has 1 aliphatic carbocycles. The maximum atomic E-state index is 9.16. The summed E-state index contributed by atoms with van der Waals surface area (Å²) < 4.78 is 2.08. The first-order chi connectivity index (χ1) is 17.2. The molecule has 0 aromatic carbocycles. The number of pyridine rings is 2. The van der Waals surface area contributed by atoms with Gasteiger partial charge in [0.15, 0.2) is 0 Å². The van der Waals surface area contributed by atoms with Crippen molar-refractivity contribution in [2.75, 3.05) is 31.6 Å². The minimum Gasteiger partial charge on any atom is -0.395 e. The van der Waals surface area contributed by atoms with Gasteiger partial charge in [-0.25, -0.2) is 4.98 Å². The van der Waals surface area contributed by atoms with Crippen LogP contribution in [0.1, 0.15) is 55.5 Å². The number of β-amino-alcohol motifs (C(OH)–C–C–N with tert-alkyl or cyclic N) is 1. The lowest BCUT2D eigenvalue weighted by Crippen LogP contribution is -2.36. The van der Waals surface area contributed by atoms with Gasteiger partial charge < -0.3 is 15.3 Å². The molecule has 0 unspecified atom stereocenters. The van der Waals surface area contributed by atoms with Gasteiger partial charge in [0.05, 0.1) is 29.9 Å². The van der Waals surface area contributed by atoms with Gasteiger partial charge in [-0.15, -0.1) is 10.2 Å². The van der Waals surface area contributed by atoms with Crippen molar-refractivity contribution < 1.29 is 5.11 Å². The number of piperidine rings is 1. The van der Waals surface area contributed by atoms with E-state index in [9.17, 15) is 0 Å². The van der Waals surface area contributed by atoms with Crippen molar-refractivity contribution in [1.29, 1.82) is 0 Å². The fourth-order valence-electron chi connectivity index (χ4n) is 5.20. The van der Waals surface area contributed by atoms with Crippen LogP contribution in [0.3, 0.4) is 0 Å². The van der Waals surface area contributed by atoms with E-state index in [2.05, 4.69) is 47.4 Å². The van der Waals surface area contributed by atoms with Crippen molar-refractivity contribution in [2.24, 2.45) is 0 Å². The fraction of sp³-hybridized carbons (Fsp3) is 0.480. The van der Waals surface area contributed by atoms with E-state index < -0.39 is 0 Å². The highest BCUT2D eigenvalue weighted by Gasteiger charge is 2.22. The predicted octanol–water partition coefficient (Wildman–Crippen LogP) is 4.38. The van der Waals surface area contributed by atoms with Crippen LogP contribution in [0.2, 0.25) is 0 Å². The predicted molar refractivity (Wildman–Crippen MR) is 137 cm³/mol. The summed E-state index contributed by atoms with van der Waals surface area (Å²) in [5, 5.41) is 27.8. The molecule has 2 aliphatic rings. The standard InChI is InChI=1S/C25H30N8OS/c34-12-11-32-9-7-20(8-10-32)33-16-19(15-27-33)18-13-22-21(26-14-18)5-6-23(28-22)29-25-31-30-24(35-25)17-3-1-2-4-17/h5-6,13-17,20,34H,1-4,7-12H2,(H,28,29,31). The summed E-state index contributed by atoms with van der Waals surface area (Å²) in [6.45, 7) is 2.96. The lowest BCUT2D eigenvalue weighted by atomic mass is 10.1. The van der Waals surface area contributed by atoms with E-state index in [1.165, 1.54) is 25.7 Å². The van der Waals surface area contributed by atoms with Crippen LogP contribution < -0.4 is 5.32 Å². The molecule has 0 radical (unpaired) electrons. The number of aliphatic hydroxyl groups excluding tert-OH is 1. The van der Waals surface area contributed by atoms with Gasteiger partial charge in [0.1, 0.15) is 10.8 Å². The molecule has 1 saturated carbocycles. The van der Waals surface area contributed by atoms with Crippen LogP contribution in [0.15, 0.2) is 36.8 Å². The first-order valence-electron chi connectivity index (χ1n) is 12.5. The smallest absolute Gasteiger partial charge is 0.211 e. The van der Waals surface area contributed by atoms with Crippen molar-refractivity contribution in [3.05, 3.63) is 41.8 Å². The summed E-state index contributed by atoms with van der Waals surface area (Å²) in [6.07, 6.45) is 13.0. The van der Waals surface area contributed by atoms with E-state index in [4.69, 9.17) is 10.1 Å². The minimum atomic E-state index is 0.221. The minimum absolute atomic E-state index is 0.221. The molecule has 35 heavy (non-hydrogen) atoms. The molecule has 0 bridgehead atoms. The normalized spacial score (nSPS) is 18.0. The summed E-state index contributed by atoms with van der Waals surface area (Å²) in [5.74, 6) is 1.31. The third-order valence-corrected chi connectivity index (χ3v) is 8.20. The van der Waals surface area contributed by atoms with Crippen LogP contribution >= 0.6 is 11.3 Å². The van der Waals surface area contributed by atoms with Crippen LogP contribution in [0.25, 0.3) is 22.2 Å². The second-order valence-corrected chi connectivity index (χ2v) is 10.5. The molecule has 4 aromatic rings.